The summed E-state index contributed by atoms with van der Waals surface area (Å²) < 4.78 is 17.6. The van der Waals surface area contributed by atoms with E-state index < -0.39 is 119 Å². The van der Waals surface area contributed by atoms with Crippen LogP contribution in [-0.4, -0.2) is 163 Å². The van der Waals surface area contributed by atoms with E-state index in [1.807, 2.05) is 56.5 Å². The molecule has 0 unspecified atom stereocenters. The molecule has 0 bridgehead atoms. The van der Waals surface area contributed by atoms with E-state index in [-0.39, 0.29) is 56.2 Å². The molecule has 0 spiro atoms. The third-order valence-electron chi connectivity index (χ3n) is 16.1. The van der Waals surface area contributed by atoms with E-state index in [1.165, 1.54) is 46.1 Å². The molecule has 1 aliphatic rings. The monoisotopic (exact) mass is 1260 g/mol. The minimum atomic E-state index is -1.59. The Kier molecular flexibility index (Phi) is 29.4. The first-order valence-electron chi connectivity index (χ1n) is 30.5. The van der Waals surface area contributed by atoms with E-state index in [2.05, 4.69) is 47.5 Å². The van der Waals surface area contributed by atoms with Crippen molar-refractivity contribution >= 4 is 76.4 Å². The van der Waals surface area contributed by atoms with E-state index in [0.717, 1.165) is 10.6 Å². The van der Waals surface area contributed by atoms with Gasteiger partial charge in [0.25, 0.3) is 0 Å². The number of urea groups is 1. The lowest BCUT2D eigenvalue weighted by atomic mass is 9.89. The lowest BCUT2D eigenvalue weighted by molar-refractivity contribution is -0.148. The van der Waals surface area contributed by atoms with E-state index in [4.69, 9.17) is 19.9 Å². The van der Waals surface area contributed by atoms with Crippen molar-refractivity contribution in [3.05, 3.63) is 82.3 Å². The molecule has 0 aliphatic carbocycles. The lowest BCUT2D eigenvalue weighted by Gasteiger charge is -2.41. The molecule has 0 saturated carbocycles. The number of primary amides is 1. The van der Waals surface area contributed by atoms with Gasteiger partial charge in [0.15, 0.2) is 0 Å². The van der Waals surface area contributed by atoms with Crippen LogP contribution in [0, 0.1) is 23.7 Å². The third-order valence-corrected chi connectivity index (χ3v) is 17.0. The van der Waals surface area contributed by atoms with Crippen molar-refractivity contribution < 1.29 is 62.2 Å². The van der Waals surface area contributed by atoms with Crippen LogP contribution >= 0.6 is 11.3 Å². The molecule has 10 N–H and O–H groups in total. The van der Waals surface area contributed by atoms with Crippen LogP contribution in [0.25, 0.3) is 0 Å². The highest BCUT2D eigenvalue weighted by Crippen LogP contribution is 2.31. The molecule has 2 heterocycles. The van der Waals surface area contributed by atoms with Gasteiger partial charge < -0.3 is 72.3 Å². The average Bonchev–Trinajstić information content (AvgIpc) is 2.36. The van der Waals surface area contributed by atoms with Crippen LogP contribution in [0.4, 0.5) is 15.3 Å². The molecule has 2 aromatic carbocycles. The first-order valence-corrected chi connectivity index (χ1v) is 31.3. The highest BCUT2D eigenvalue weighted by atomic mass is 32.1. The zero-order valence-corrected chi connectivity index (χ0v) is 54.9. The largest absolute Gasteiger partial charge is 0.445 e. The summed E-state index contributed by atoms with van der Waals surface area (Å²) >= 11 is 1.47. The summed E-state index contributed by atoms with van der Waals surface area (Å²) in [6.45, 7) is 18.8. The van der Waals surface area contributed by atoms with Gasteiger partial charge in [-0.2, -0.15) is 0 Å². The number of aromatic nitrogens is 1. The fourth-order valence-electron chi connectivity index (χ4n) is 10.8. The van der Waals surface area contributed by atoms with E-state index in [0.29, 0.717) is 43.5 Å². The van der Waals surface area contributed by atoms with Crippen molar-refractivity contribution in [1.29, 1.82) is 0 Å². The maximum atomic E-state index is 14.7. The zero-order valence-electron chi connectivity index (χ0n) is 54.1. The predicted molar refractivity (Wildman–Crippen MR) is 337 cm³/mol. The van der Waals surface area contributed by atoms with Crippen molar-refractivity contribution in [1.82, 2.24) is 52.0 Å². The number of hydrogen-bond acceptors (Lipinski definition) is 15. The Morgan fingerprint density at radius 3 is 2.03 bits per heavy atom. The number of nitrogens with zero attached hydrogens (tertiary/aromatic N) is 3. The number of ether oxygens (including phenoxy) is 3. The molecule has 1 saturated heterocycles. The number of benzene rings is 2. The minimum absolute atomic E-state index is 0.0754. The number of rotatable bonds is 34. The molecule has 1 aliphatic heterocycles. The number of methoxy groups -OCH3 is 2. The quantitative estimate of drug-likeness (QED) is 0.0361. The van der Waals surface area contributed by atoms with Gasteiger partial charge in [-0.15, -0.1) is 11.3 Å². The number of likely N-dealkylation sites (tertiary alicyclic amines) is 1. The van der Waals surface area contributed by atoms with Gasteiger partial charge >= 0.3 is 12.1 Å². The molecule has 25 nitrogen and oxygen atoms in total. The molecule has 11 amide bonds. The summed E-state index contributed by atoms with van der Waals surface area (Å²) in [7, 11) is 4.69. The Labute approximate surface area is 527 Å². The van der Waals surface area contributed by atoms with Gasteiger partial charge in [-0.3, -0.25) is 38.4 Å². The van der Waals surface area contributed by atoms with Crippen LogP contribution < -0.4 is 48.3 Å². The first-order chi connectivity index (χ1) is 42.0. The van der Waals surface area contributed by atoms with Crippen LogP contribution in [0.1, 0.15) is 137 Å². The second kappa shape index (κ2) is 35.5. The number of nitrogens with two attached hydrogens (primary N) is 1. The fraction of sp³-hybridized carbons (Fsp3) is 0.603. The molecule has 1 aromatic heterocycles. The molecule has 89 heavy (non-hydrogen) atoms. The van der Waals surface area contributed by atoms with Crippen molar-refractivity contribution in [2.45, 2.75) is 188 Å². The van der Waals surface area contributed by atoms with Gasteiger partial charge in [-0.1, -0.05) is 97.4 Å². The zero-order chi connectivity index (χ0) is 66.3. The van der Waals surface area contributed by atoms with Gasteiger partial charge in [0.2, 0.25) is 47.3 Å². The van der Waals surface area contributed by atoms with Crippen molar-refractivity contribution in [2.24, 2.45) is 29.4 Å². The number of nitrogens with one attached hydrogen (secondary N) is 8. The molecule has 11 atom stereocenters. The maximum Gasteiger partial charge on any atom is 0.408 e. The number of anilines is 1. The molecule has 0 radical (unpaired) electrons. The summed E-state index contributed by atoms with van der Waals surface area (Å²) in [5.41, 5.74) is 5.51. The number of hydrogen-bond donors (Lipinski definition) is 9. The van der Waals surface area contributed by atoms with E-state index in [9.17, 15) is 47.9 Å². The minimum Gasteiger partial charge on any atom is -0.445 e. The summed E-state index contributed by atoms with van der Waals surface area (Å²) in [4.78, 5) is 141. The highest BCUT2D eigenvalue weighted by molar-refractivity contribution is 7.09. The summed E-state index contributed by atoms with van der Waals surface area (Å²) in [5, 5.41) is 24.3. The average molecular weight is 1260 g/mol. The van der Waals surface area contributed by atoms with Crippen LogP contribution in [0.2, 0.25) is 0 Å². The lowest BCUT2D eigenvalue weighted by Crippen LogP contribution is -2.62. The molecule has 4 rings (SSSR count). The van der Waals surface area contributed by atoms with Crippen LogP contribution in [0.5, 0.6) is 0 Å². The second-order valence-corrected chi connectivity index (χ2v) is 25.0. The van der Waals surface area contributed by atoms with Crippen LogP contribution in [0.15, 0.2) is 66.2 Å². The van der Waals surface area contributed by atoms with Gasteiger partial charge in [0.1, 0.15) is 41.3 Å². The molecule has 492 valence electrons. The smallest absolute Gasteiger partial charge is 0.408 e. The third kappa shape index (κ3) is 22.4. The van der Waals surface area contributed by atoms with Crippen molar-refractivity contribution in [3.63, 3.8) is 0 Å². The molecule has 1 fully saturated rings. The summed E-state index contributed by atoms with van der Waals surface area (Å²) in [5.74, 6) is -5.44. The highest BCUT2D eigenvalue weighted by Gasteiger charge is 2.44. The van der Waals surface area contributed by atoms with Gasteiger partial charge in [0, 0.05) is 58.5 Å². The van der Waals surface area contributed by atoms with E-state index >= 15 is 0 Å². The van der Waals surface area contributed by atoms with Gasteiger partial charge in [-0.05, 0) is 93.9 Å². The maximum absolute atomic E-state index is 14.7. The normalized spacial score (nSPS) is 16.6. The van der Waals surface area contributed by atoms with E-state index in [1.54, 1.807) is 82.1 Å². The number of thiazole rings is 1. The number of alkyl carbamates (subject to hydrolysis) is 1. The van der Waals surface area contributed by atoms with Crippen LogP contribution in [0.3, 0.4) is 0 Å². The Morgan fingerprint density at radius 1 is 0.798 bits per heavy atom. The Morgan fingerprint density at radius 2 is 1.46 bits per heavy atom. The first kappa shape index (κ1) is 73.8. The number of carbonyl (C=O) groups is 10. The number of amides is 11. The van der Waals surface area contributed by atoms with Crippen molar-refractivity contribution in [3.8, 4) is 0 Å². The molecule has 3 aromatic rings. The molecular weight excluding hydrogens is 1160 g/mol. The Balaban J connectivity index is 1.38. The topological polar surface area (TPSA) is 340 Å². The number of carbonyl (C=O) groups excluding carboxylic acids is 10. The fourth-order valence-corrected chi connectivity index (χ4v) is 11.5. The molecular formula is C63H96N12O13S. The Bertz CT molecular complexity index is 2820. The van der Waals surface area contributed by atoms with Gasteiger partial charge in [0.05, 0.1) is 42.7 Å². The van der Waals surface area contributed by atoms with Gasteiger partial charge in [-0.25, -0.2) is 14.6 Å². The second-order valence-electron chi connectivity index (χ2n) is 24.1. The van der Waals surface area contributed by atoms with Crippen LogP contribution in [-0.2, 0) is 65.6 Å². The molecule has 26 heteroatoms. The Hall–Kier alpha value is -7.71. The summed E-state index contributed by atoms with van der Waals surface area (Å²) in [6.07, 6.45) is 2.13. The predicted octanol–water partition coefficient (Wildman–Crippen LogP) is 4.85. The van der Waals surface area contributed by atoms with Crippen molar-refractivity contribution in [2.75, 3.05) is 39.7 Å². The SMILES string of the molecule is CC[C@H](C)[C@@H]([C@@H](CC(=O)N1CCC[C@H]1[C@H](OC)[C@@H](C)C(=O)N[C@@H](Cc1ccccc1)c1nccs1)OC)N(C)C(=O)[C@@H](NC(=O)C(C)(C)NC(=O)OCc1ccc(NC(=O)[C@H](CCCNC(N)=O)NC(=O)[C@@H](NC(=O)[C@H](C)NC(C)=O)C(C)C)cc1)C(C)C. The standard InChI is InChI=1S/C63H96N12O13S/c1-15-38(6)52(48(86-13)34-49(77)75-31-20-24-47(75)53(87-14)39(7)54(78)70-46(58-65-30-32-89-58)33-42-21-17-16-18-22-42)74(12)59(82)51(37(4)5)72-60(83)63(10,11)73-62(85)88-35-43-25-27-44(28-26-43)68-56(80)45(23-19-29-66-61(64)84)69-57(81)50(36(2)3)71-55(79)40(8)67-41(9)76/h16-18,21-22,25-28,30,32,36-40,45-48,50-53H,15,19-20,23-24,29,31,33-35H2,1-14H3,(H,67,76)(H,68,80)(H,69,81)(H,70,78)(H,71,79)(H,72,83)(H,73,85)(H3,64,66,84)/t38-,39+,40-,45-,46-,47-,48+,50-,51-,52-,53+/m0/s1. The number of likely N-dealkylation sites (N-methyl/N-ethyl adjacent to an activating group) is 1. The summed E-state index contributed by atoms with van der Waals surface area (Å²) in [6, 6.07) is 9.83.